The number of thiol groups is 1. The van der Waals surface area contributed by atoms with E-state index >= 15 is 0 Å². The molecule has 0 amide bonds. The van der Waals surface area contributed by atoms with Crippen LogP contribution in [0.2, 0.25) is 0 Å². The molecule has 1 aliphatic rings. The molecule has 0 aliphatic carbocycles. The van der Waals surface area contributed by atoms with E-state index in [1.807, 2.05) is 4.90 Å². The zero-order chi connectivity index (χ0) is 16.8. The number of esters is 1. The molecule has 7 nitrogen and oxygen atoms in total. The van der Waals surface area contributed by atoms with Crippen LogP contribution < -0.4 is 0 Å². The molecule has 0 N–H and O–H groups in total. The van der Waals surface area contributed by atoms with E-state index in [0.717, 1.165) is 0 Å². The summed E-state index contributed by atoms with van der Waals surface area (Å²) in [6, 6.07) is 8.17. The second kappa shape index (κ2) is 8.07. The number of rotatable bonds is 6. The van der Waals surface area contributed by atoms with Gasteiger partial charge in [-0.2, -0.15) is 0 Å². The van der Waals surface area contributed by atoms with Crippen LogP contribution in [0.3, 0.4) is 0 Å². The fourth-order valence-corrected chi connectivity index (χ4v) is 2.77. The van der Waals surface area contributed by atoms with Crippen molar-refractivity contribution < 1.29 is 19.2 Å². The summed E-state index contributed by atoms with van der Waals surface area (Å²) in [5.41, 5.74) is 0.337. The number of likely N-dealkylation sites (tertiary alicyclic amines) is 1. The summed E-state index contributed by atoms with van der Waals surface area (Å²) in [6.45, 7) is 1.38. The van der Waals surface area contributed by atoms with Crippen molar-refractivity contribution in [2.75, 3.05) is 19.6 Å². The van der Waals surface area contributed by atoms with E-state index in [2.05, 4.69) is 12.6 Å². The second-order valence-electron chi connectivity index (χ2n) is 5.43. The first-order chi connectivity index (χ1) is 11.0. The molecule has 1 aromatic carbocycles. The average molecular weight is 338 g/mol. The molecule has 1 fully saturated rings. The van der Waals surface area contributed by atoms with Crippen molar-refractivity contribution in [1.82, 2.24) is 4.90 Å². The first kappa shape index (κ1) is 17.4. The molecule has 1 aliphatic heterocycles. The zero-order valence-electron chi connectivity index (χ0n) is 12.5. The van der Waals surface area contributed by atoms with Crippen LogP contribution >= 0.6 is 12.6 Å². The van der Waals surface area contributed by atoms with Crippen molar-refractivity contribution in [3.05, 3.63) is 46.0 Å². The third-order valence-corrected chi connectivity index (χ3v) is 3.93. The Balaban J connectivity index is 1.93. The fraction of sp³-hybridized carbons (Fsp3) is 0.467. The Morgan fingerprint density at radius 3 is 2.43 bits per heavy atom. The van der Waals surface area contributed by atoms with Gasteiger partial charge < -0.3 is 4.74 Å². The van der Waals surface area contributed by atoms with Gasteiger partial charge in [0.15, 0.2) is 5.12 Å². The molecule has 0 aromatic heterocycles. The largest absolute Gasteiger partial charge is 0.394 e. The highest BCUT2D eigenvalue weighted by molar-refractivity contribution is 7.96. The van der Waals surface area contributed by atoms with Gasteiger partial charge in [0.05, 0.1) is 22.9 Å². The fourth-order valence-electron chi connectivity index (χ4n) is 2.57. The lowest BCUT2D eigenvalue weighted by molar-refractivity contribution is -0.576. The standard InChI is InChI=1S/C15H18N2O5S/c18-13(23)10-16-8-6-12(7-9-16)15(19)22-14(17(20)21)11-4-2-1-3-5-11/h1-5,12,14H,6-10H2,(H,18,23). The molecule has 1 aromatic rings. The Hall–Kier alpha value is -1.93. The van der Waals surface area contributed by atoms with Crippen molar-refractivity contribution in [3.8, 4) is 0 Å². The highest BCUT2D eigenvalue weighted by Crippen LogP contribution is 2.24. The van der Waals surface area contributed by atoms with Crippen molar-refractivity contribution >= 4 is 23.7 Å². The lowest BCUT2D eigenvalue weighted by atomic mass is 9.97. The summed E-state index contributed by atoms with van der Waals surface area (Å²) in [7, 11) is 0. The van der Waals surface area contributed by atoms with Gasteiger partial charge >= 0.3 is 12.2 Å². The molecule has 0 saturated carbocycles. The monoisotopic (exact) mass is 338 g/mol. The van der Waals surface area contributed by atoms with Crippen molar-refractivity contribution in [2.24, 2.45) is 5.92 Å². The maximum atomic E-state index is 12.2. The number of hydrogen-bond acceptors (Lipinski definition) is 6. The number of nitrogens with zero attached hydrogens (tertiary/aromatic N) is 2. The average Bonchev–Trinajstić information content (AvgIpc) is 2.53. The van der Waals surface area contributed by atoms with E-state index in [-0.39, 0.29) is 17.6 Å². The smallest absolute Gasteiger partial charge is 0.382 e. The first-order valence-corrected chi connectivity index (χ1v) is 7.75. The molecule has 124 valence electrons. The summed E-state index contributed by atoms with van der Waals surface area (Å²) < 4.78 is 5.12. The summed E-state index contributed by atoms with van der Waals surface area (Å²) in [5.74, 6) is -0.945. The number of carbonyl (C=O) groups is 2. The van der Waals surface area contributed by atoms with E-state index in [4.69, 9.17) is 4.74 Å². The van der Waals surface area contributed by atoms with Crippen LogP contribution in [0.25, 0.3) is 0 Å². The van der Waals surface area contributed by atoms with E-state index in [9.17, 15) is 19.7 Å². The lowest BCUT2D eigenvalue weighted by Crippen LogP contribution is -2.39. The molecule has 1 unspecified atom stereocenters. The third-order valence-electron chi connectivity index (χ3n) is 3.78. The molecule has 1 heterocycles. The molecule has 0 bridgehead atoms. The van der Waals surface area contributed by atoms with Gasteiger partial charge in [0.2, 0.25) is 0 Å². The van der Waals surface area contributed by atoms with Crippen LogP contribution in [0, 0.1) is 16.0 Å². The van der Waals surface area contributed by atoms with E-state index in [1.54, 1.807) is 30.3 Å². The summed E-state index contributed by atoms with van der Waals surface area (Å²) in [4.78, 5) is 35.6. The molecular weight excluding hydrogens is 320 g/mol. The molecule has 0 spiro atoms. The normalized spacial score (nSPS) is 17.4. The van der Waals surface area contributed by atoms with E-state index in [0.29, 0.717) is 31.5 Å². The molecule has 8 heteroatoms. The summed E-state index contributed by atoms with van der Waals surface area (Å²) in [5, 5.41) is 10.9. The predicted molar refractivity (Wildman–Crippen MR) is 85.4 cm³/mol. The van der Waals surface area contributed by atoms with Crippen LogP contribution in [-0.4, -0.2) is 40.5 Å². The van der Waals surface area contributed by atoms with Crippen LogP contribution in [0.5, 0.6) is 0 Å². The van der Waals surface area contributed by atoms with Crippen LogP contribution in [0.4, 0.5) is 0 Å². The topological polar surface area (TPSA) is 89.8 Å². The van der Waals surface area contributed by atoms with Crippen LogP contribution in [-0.2, 0) is 14.3 Å². The van der Waals surface area contributed by atoms with Crippen LogP contribution in [0.15, 0.2) is 30.3 Å². The Kier molecular flexibility index (Phi) is 6.12. The minimum Gasteiger partial charge on any atom is -0.394 e. The number of hydrogen-bond donors (Lipinski definition) is 1. The van der Waals surface area contributed by atoms with E-state index < -0.39 is 17.1 Å². The number of benzene rings is 1. The first-order valence-electron chi connectivity index (χ1n) is 7.30. The highest BCUT2D eigenvalue weighted by atomic mass is 32.1. The molecular formula is C15H18N2O5S. The molecule has 2 rings (SSSR count). The number of ether oxygens (including phenoxy) is 1. The van der Waals surface area contributed by atoms with Crippen molar-refractivity contribution in [3.63, 3.8) is 0 Å². The summed E-state index contributed by atoms with van der Waals surface area (Å²) >= 11 is 3.73. The Bertz CT molecular complexity index is 572. The van der Waals surface area contributed by atoms with Crippen molar-refractivity contribution in [2.45, 2.75) is 19.1 Å². The third kappa shape index (κ3) is 5.04. The Labute approximate surface area is 139 Å². The Morgan fingerprint density at radius 2 is 1.91 bits per heavy atom. The van der Waals surface area contributed by atoms with Gasteiger partial charge in [0.1, 0.15) is 0 Å². The molecule has 1 atom stereocenters. The predicted octanol–water partition coefficient (Wildman–Crippen LogP) is 1.67. The number of piperidine rings is 1. The number of carbonyl (C=O) groups excluding carboxylic acids is 2. The van der Waals surface area contributed by atoms with Gasteiger partial charge in [-0.1, -0.05) is 18.2 Å². The quantitative estimate of drug-likeness (QED) is 0.279. The summed E-state index contributed by atoms with van der Waals surface area (Å²) in [6.07, 6.45) is -0.459. The zero-order valence-corrected chi connectivity index (χ0v) is 13.4. The minimum absolute atomic E-state index is 0.219. The van der Waals surface area contributed by atoms with Gasteiger partial charge in [0.25, 0.3) is 0 Å². The van der Waals surface area contributed by atoms with Crippen molar-refractivity contribution in [1.29, 1.82) is 0 Å². The van der Waals surface area contributed by atoms with Gasteiger partial charge in [0, 0.05) is 0 Å². The van der Waals surface area contributed by atoms with E-state index in [1.165, 1.54) is 0 Å². The van der Waals surface area contributed by atoms with Crippen LogP contribution in [0.1, 0.15) is 24.6 Å². The van der Waals surface area contributed by atoms with Gasteiger partial charge in [-0.25, -0.2) is 0 Å². The Morgan fingerprint density at radius 1 is 1.30 bits per heavy atom. The highest BCUT2D eigenvalue weighted by Gasteiger charge is 2.33. The lowest BCUT2D eigenvalue weighted by Gasteiger charge is -2.29. The maximum absolute atomic E-state index is 12.2. The minimum atomic E-state index is -1.49. The van der Waals surface area contributed by atoms with Gasteiger partial charge in [-0.05, 0) is 38.1 Å². The molecule has 1 saturated heterocycles. The maximum Gasteiger partial charge on any atom is 0.382 e. The van der Waals surface area contributed by atoms with Gasteiger partial charge in [-0.15, -0.1) is 12.6 Å². The molecule has 0 radical (unpaired) electrons. The number of nitro groups is 1. The SMILES string of the molecule is O=C(S)CN1CCC(C(=O)OC(c2ccccc2)[N+](=O)[O-])CC1. The van der Waals surface area contributed by atoms with Gasteiger partial charge in [-0.3, -0.25) is 24.6 Å². The molecule has 23 heavy (non-hydrogen) atoms. The second-order valence-corrected chi connectivity index (χ2v) is 5.93.